The highest BCUT2D eigenvalue weighted by Gasteiger charge is 2.17. The molecular weight excluding hydrogens is 443 g/mol. The van der Waals surface area contributed by atoms with Crippen molar-refractivity contribution in [1.29, 1.82) is 0 Å². The molecule has 168 valence electrons. The van der Waals surface area contributed by atoms with Crippen LogP contribution in [0.1, 0.15) is 11.5 Å². The predicted octanol–water partition coefficient (Wildman–Crippen LogP) is 4.28. The number of aromatic nitrogens is 3. The van der Waals surface area contributed by atoms with Gasteiger partial charge in [-0.2, -0.15) is 10.1 Å². The van der Waals surface area contributed by atoms with Crippen molar-refractivity contribution >= 4 is 22.7 Å². The monoisotopic (exact) mass is 464 g/mol. The minimum atomic E-state index is -0.425. The molecule has 2 aromatic carbocycles. The van der Waals surface area contributed by atoms with Crippen LogP contribution in [0, 0.1) is 5.82 Å². The number of halogens is 1. The van der Waals surface area contributed by atoms with Gasteiger partial charge in [-0.1, -0.05) is 41.6 Å². The highest BCUT2D eigenvalue weighted by atomic mass is 32.1. The Morgan fingerprint density at radius 3 is 2.82 bits per heavy atom. The van der Waals surface area contributed by atoms with Crippen LogP contribution in [-0.2, 0) is 11.3 Å². The van der Waals surface area contributed by atoms with Gasteiger partial charge in [0.05, 0.1) is 37.2 Å². The van der Waals surface area contributed by atoms with E-state index in [1.54, 1.807) is 18.3 Å². The summed E-state index contributed by atoms with van der Waals surface area (Å²) in [5.41, 5.74) is 5.80. The Labute approximate surface area is 193 Å². The van der Waals surface area contributed by atoms with Crippen LogP contribution in [0.25, 0.3) is 22.6 Å². The van der Waals surface area contributed by atoms with E-state index in [1.165, 1.54) is 17.4 Å². The summed E-state index contributed by atoms with van der Waals surface area (Å²) in [7, 11) is 0. The van der Waals surface area contributed by atoms with Gasteiger partial charge in [-0.3, -0.25) is 10.3 Å². The smallest absolute Gasteiger partial charge is 0.241 e. The largest absolute Gasteiger partial charge is 0.379 e. The molecule has 1 N–H and O–H groups in total. The average molecular weight is 465 g/mol. The van der Waals surface area contributed by atoms with Crippen molar-refractivity contribution in [3.8, 4) is 22.6 Å². The maximum atomic E-state index is 14.5. The molecule has 5 rings (SSSR count). The summed E-state index contributed by atoms with van der Waals surface area (Å²) >= 11 is 1.46. The third-order valence-corrected chi connectivity index (χ3v) is 5.86. The lowest BCUT2D eigenvalue weighted by Gasteiger charge is -2.24. The minimum absolute atomic E-state index is 0.214. The van der Waals surface area contributed by atoms with E-state index in [-0.39, 0.29) is 11.4 Å². The third-order valence-electron chi connectivity index (χ3n) is 5.11. The summed E-state index contributed by atoms with van der Waals surface area (Å²) in [6, 6.07) is 14.6. The number of benzene rings is 2. The molecule has 0 unspecified atom stereocenters. The van der Waals surface area contributed by atoms with Crippen molar-refractivity contribution in [2.75, 3.05) is 31.7 Å². The topological polar surface area (TPSA) is 88.7 Å². The van der Waals surface area contributed by atoms with Crippen molar-refractivity contribution in [3.05, 3.63) is 71.2 Å². The van der Waals surface area contributed by atoms with Crippen LogP contribution in [-0.4, -0.2) is 52.5 Å². The molecule has 1 aliphatic heterocycles. The molecule has 2 aromatic heterocycles. The first-order chi connectivity index (χ1) is 16.2. The van der Waals surface area contributed by atoms with E-state index >= 15 is 0 Å². The van der Waals surface area contributed by atoms with E-state index in [2.05, 4.69) is 30.6 Å². The summed E-state index contributed by atoms with van der Waals surface area (Å²) in [4.78, 5) is 11.1. The maximum absolute atomic E-state index is 14.5. The normalized spacial score (nSPS) is 14.7. The molecule has 8 nitrogen and oxygen atoms in total. The molecule has 1 aliphatic rings. The lowest BCUT2D eigenvalue weighted by Crippen LogP contribution is -2.35. The zero-order chi connectivity index (χ0) is 22.5. The van der Waals surface area contributed by atoms with Gasteiger partial charge in [0, 0.05) is 24.0 Å². The van der Waals surface area contributed by atoms with E-state index in [4.69, 9.17) is 9.26 Å². The molecule has 0 radical (unpaired) electrons. The highest BCUT2D eigenvalue weighted by Crippen LogP contribution is 2.25. The molecule has 0 atom stereocenters. The van der Waals surface area contributed by atoms with Gasteiger partial charge in [-0.25, -0.2) is 9.37 Å². The highest BCUT2D eigenvalue weighted by molar-refractivity contribution is 7.14. The first-order valence-corrected chi connectivity index (χ1v) is 11.4. The quantitative estimate of drug-likeness (QED) is 0.323. The van der Waals surface area contributed by atoms with Gasteiger partial charge in [0.1, 0.15) is 5.82 Å². The standard InChI is InChI=1S/C23H21FN6O2S/c24-19-7-6-16(13-25-28-23-26-20(15-33-23)17-4-2-1-3-5-17)12-18(19)22-27-21(32-29-22)14-30-8-10-31-11-9-30/h1-7,12-13,15H,8-11,14H2,(H,26,28). The van der Waals surface area contributed by atoms with Crippen LogP contribution < -0.4 is 5.43 Å². The van der Waals surface area contributed by atoms with Crippen molar-refractivity contribution in [2.24, 2.45) is 5.10 Å². The fourth-order valence-electron chi connectivity index (χ4n) is 3.40. The summed E-state index contributed by atoms with van der Waals surface area (Å²) in [6.07, 6.45) is 1.60. The number of ether oxygens (including phenoxy) is 1. The van der Waals surface area contributed by atoms with Gasteiger partial charge < -0.3 is 9.26 Å². The predicted molar refractivity (Wildman–Crippen MR) is 125 cm³/mol. The molecule has 0 bridgehead atoms. The molecule has 10 heteroatoms. The Hall–Kier alpha value is -3.47. The number of nitrogens with one attached hydrogen (secondary N) is 1. The Kier molecular flexibility index (Phi) is 6.47. The SMILES string of the molecule is Fc1ccc(C=NNc2nc(-c3ccccc3)cs2)cc1-c1noc(CN2CCOCC2)n1. The third kappa shape index (κ3) is 5.30. The summed E-state index contributed by atoms with van der Waals surface area (Å²) < 4.78 is 25.1. The fourth-order valence-corrected chi connectivity index (χ4v) is 4.07. The zero-order valence-corrected chi connectivity index (χ0v) is 18.5. The molecule has 1 fully saturated rings. The number of thiazole rings is 1. The Morgan fingerprint density at radius 2 is 1.97 bits per heavy atom. The minimum Gasteiger partial charge on any atom is -0.379 e. The van der Waals surface area contributed by atoms with E-state index in [9.17, 15) is 4.39 Å². The van der Waals surface area contributed by atoms with Crippen LogP contribution in [0.15, 0.2) is 63.5 Å². The maximum Gasteiger partial charge on any atom is 0.241 e. The second-order valence-electron chi connectivity index (χ2n) is 7.41. The van der Waals surface area contributed by atoms with Gasteiger partial charge >= 0.3 is 0 Å². The van der Waals surface area contributed by atoms with Crippen molar-refractivity contribution < 1.29 is 13.7 Å². The van der Waals surface area contributed by atoms with Gasteiger partial charge in [0.25, 0.3) is 0 Å². The van der Waals surface area contributed by atoms with E-state index in [1.807, 2.05) is 35.7 Å². The molecule has 1 saturated heterocycles. The van der Waals surface area contributed by atoms with E-state index in [0.29, 0.717) is 36.3 Å². The van der Waals surface area contributed by atoms with Gasteiger partial charge in [0.2, 0.25) is 16.8 Å². The summed E-state index contributed by atoms with van der Waals surface area (Å²) in [5.74, 6) is 0.239. The number of hydrogen-bond donors (Lipinski definition) is 1. The Morgan fingerprint density at radius 1 is 1.12 bits per heavy atom. The number of morpholine rings is 1. The van der Waals surface area contributed by atoms with Crippen LogP contribution >= 0.6 is 11.3 Å². The zero-order valence-electron chi connectivity index (χ0n) is 17.6. The fraction of sp³-hybridized carbons (Fsp3) is 0.217. The first kappa shape index (κ1) is 21.4. The van der Waals surface area contributed by atoms with Crippen LogP contribution in [0.5, 0.6) is 0 Å². The number of hydrazone groups is 1. The number of nitrogens with zero attached hydrogens (tertiary/aromatic N) is 5. The summed E-state index contributed by atoms with van der Waals surface area (Å²) in [5, 5.41) is 10.8. The molecule has 0 saturated carbocycles. The first-order valence-electron chi connectivity index (χ1n) is 10.5. The molecule has 0 spiro atoms. The number of anilines is 1. The number of hydrogen-bond acceptors (Lipinski definition) is 9. The van der Waals surface area contributed by atoms with E-state index < -0.39 is 5.82 Å². The molecule has 4 aromatic rings. The van der Waals surface area contributed by atoms with Gasteiger partial charge in [-0.15, -0.1) is 11.3 Å². The van der Waals surface area contributed by atoms with E-state index in [0.717, 1.165) is 24.3 Å². The molecule has 0 amide bonds. The molecule has 0 aliphatic carbocycles. The molecule has 3 heterocycles. The summed E-state index contributed by atoms with van der Waals surface area (Å²) in [6.45, 7) is 3.48. The second-order valence-corrected chi connectivity index (χ2v) is 8.27. The van der Waals surface area contributed by atoms with Crippen molar-refractivity contribution in [3.63, 3.8) is 0 Å². The van der Waals surface area contributed by atoms with Gasteiger partial charge in [-0.05, 0) is 17.7 Å². The number of rotatable bonds is 7. The van der Waals surface area contributed by atoms with Crippen molar-refractivity contribution in [1.82, 2.24) is 20.0 Å². The Bertz CT molecular complexity index is 1240. The van der Waals surface area contributed by atoms with Crippen LogP contribution in [0.3, 0.4) is 0 Å². The molecule has 33 heavy (non-hydrogen) atoms. The molecular formula is C23H21FN6O2S. The van der Waals surface area contributed by atoms with Crippen LogP contribution in [0.2, 0.25) is 0 Å². The van der Waals surface area contributed by atoms with Gasteiger partial charge in [0.15, 0.2) is 0 Å². The average Bonchev–Trinajstić information content (AvgIpc) is 3.51. The second kappa shape index (κ2) is 9.99. The lowest BCUT2D eigenvalue weighted by atomic mass is 10.1. The van der Waals surface area contributed by atoms with Crippen LogP contribution in [0.4, 0.5) is 9.52 Å². The Balaban J connectivity index is 1.25. The van der Waals surface area contributed by atoms with Crippen molar-refractivity contribution in [2.45, 2.75) is 6.54 Å². The lowest BCUT2D eigenvalue weighted by molar-refractivity contribution is 0.0297.